The van der Waals surface area contributed by atoms with Gasteiger partial charge in [0.25, 0.3) is 0 Å². The van der Waals surface area contributed by atoms with E-state index in [-0.39, 0.29) is 5.97 Å². The lowest BCUT2D eigenvalue weighted by atomic mass is 10.4. The Hall–Kier alpha value is -0.830. The lowest BCUT2D eigenvalue weighted by Gasteiger charge is -2.10. The SMILES string of the molecule is C=CC(=O)OCC(C)N1CC1. The first-order valence-corrected chi connectivity index (χ1v) is 3.77. The van der Waals surface area contributed by atoms with Gasteiger partial charge in [0.1, 0.15) is 6.61 Å². The van der Waals surface area contributed by atoms with Gasteiger partial charge in [-0.1, -0.05) is 6.58 Å². The molecule has 1 fully saturated rings. The van der Waals surface area contributed by atoms with E-state index in [9.17, 15) is 4.79 Å². The molecule has 0 spiro atoms. The fourth-order valence-corrected chi connectivity index (χ4v) is 0.866. The quantitative estimate of drug-likeness (QED) is 0.335. The Morgan fingerprint density at radius 1 is 1.82 bits per heavy atom. The van der Waals surface area contributed by atoms with E-state index in [0.717, 1.165) is 13.1 Å². The highest BCUT2D eigenvalue weighted by Gasteiger charge is 2.24. The predicted molar refractivity (Wildman–Crippen MR) is 42.2 cm³/mol. The molecule has 0 aromatic carbocycles. The van der Waals surface area contributed by atoms with Crippen LogP contribution in [0, 0.1) is 0 Å². The van der Waals surface area contributed by atoms with Crippen LogP contribution in [0.25, 0.3) is 0 Å². The third-order valence-corrected chi connectivity index (χ3v) is 1.74. The molecular weight excluding hydrogens is 142 g/mol. The molecule has 0 N–H and O–H groups in total. The van der Waals surface area contributed by atoms with Crippen molar-refractivity contribution >= 4 is 5.97 Å². The molecule has 1 atom stereocenters. The summed E-state index contributed by atoms with van der Waals surface area (Å²) in [5, 5.41) is 0. The Kier molecular flexibility index (Phi) is 2.65. The average Bonchev–Trinajstić information content (AvgIpc) is 2.81. The van der Waals surface area contributed by atoms with E-state index in [0.29, 0.717) is 12.6 Å². The molecule has 11 heavy (non-hydrogen) atoms. The summed E-state index contributed by atoms with van der Waals surface area (Å²) in [6.07, 6.45) is 1.19. The highest BCUT2D eigenvalue weighted by molar-refractivity contribution is 5.81. The zero-order valence-corrected chi connectivity index (χ0v) is 6.75. The van der Waals surface area contributed by atoms with Crippen molar-refractivity contribution in [2.24, 2.45) is 0 Å². The van der Waals surface area contributed by atoms with Crippen molar-refractivity contribution in [2.75, 3.05) is 19.7 Å². The molecule has 0 aromatic rings. The summed E-state index contributed by atoms with van der Waals surface area (Å²) in [4.78, 5) is 12.8. The molecule has 0 radical (unpaired) electrons. The molecule has 0 aliphatic carbocycles. The van der Waals surface area contributed by atoms with E-state index in [4.69, 9.17) is 4.74 Å². The molecule has 1 aliphatic heterocycles. The van der Waals surface area contributed by atoms with Gasteiger partial charge in [-0.15, -0.1) is 0 Å². The first kappa shape index (κ1) is 8.27. The third-order valence-electron chi connectivity index (χ3n) is 1.74. The molecule has 0 aromatic heterocycles. The zero-order chi connectivity index (χ0) is 8.27. The Bertz CT molecular complexity index is 163. The third kappa shape index (κ3) is 2.72. The summed E-state index contributed by atoms with van der Waals surface area (Å²) in [6.45, 7) is 8.10. The Labute approximate surface area is 66.6 Å². The summed E-state index contributed by atoms with van der Waals surface area (Å²) in [5.41, 5.74) is 0. The molecule has 0 saturated carbocycles. The number of rotatable bonds is 4. The van der Waals surface area contributed by atoms with E-state index in [2.05, 4.69) is 11.5 Å². The van der Waals surface area contributed by atoms with Crippen molar-refractivity contribution < 1.29 is 9.53 Å². The van der Waals surface area contributed by atoms with Gasteiger partial charge in [-0.2, -0.15) is 0 Å². The van der Waals surface area contributed by atoms with Crippen LogP contribution in [0.3, 0.4) is 0 Å². The summed E-state index contributed by atoms with van der Waals surface area (Å²) in [6, 6.07) is 0.360. The second-order valence-corrected chi connectivity index (χ2v) is 2.72. The van der Waals surface area contributed by atoms with Gasteiger partial charge in [0.05, 0.1) is 0 Å². The largest absolute Gasteiger partial charge is 0.461 e. The number of hydrogen-bond acceptors (Lipinski definition) is 3. The minimum atomic E-state index is -0.335. The maximum absolute atomic E-state index is 10.6. The van der Waals surface area contributed by atoms with Crippen LogP contribution >= 0.6 is 0 Å². The van der Waals surface area contributed by atoms with Crippen molar-refractivity contribution in [1.82, 2.24) is 4.90 Å². The molecule has 1 heterocycles. The van der Waals surface area contributed by atoms with Crippen LogP contribution in [-0.4, -0.2) is 36.6 Å². The normalized spacial score (nSPS) is 19.0. The summed E-state index contributed by atoms with van der Waals surface area (Å²) < 4.78 is 4.86. The lowest BCUT2D eigenvalue weighted by molar-refractivity contribution is -0.138. The van der Waals surface area contributed by atoms with E-state index in [1.54, 1.807) is 0 Å². The van der Waals surface area contributed by atoms with Crippen LogP contribution in [0.5, 0.6) is 0 Å². The fraction of sp³-hybridized carbons (Fsp3) is 0.625. The van der Waals surface area contributed by atoms with Crippen molar-refractivity contribution in [2.45, 2.75) is 13.0 Å². The van der Waals surface area contributed by atoms with Crippen molar-refractivity contribution in [3.05, 3.63) is 12.7 Å². The van der Waals surface area contributed by atoms with Gasteiger partial charge in [0.15, 0.2) is 0 Å². The second-order valence-electron chi connectivity index (χ2n) is 2.72. The Morgan fingerprint density at radius 2 is 2.45 bits per heavy atom. The smallest absolute Gasteiger partial charge is 0.330 e. The second kappa shape index (κ2) is 3.53. The van der Waals surface area contributed by atoms with E-state index < -0.39 is 0 Å². The summed E-state index contributed by atoms with van der Waals surface area (Å²) in [5.74, 6) is -0.335. The highest BCUT2D eigenvalue weighted by atomic mass is 16.5. The topological polar surface area (TPSA) is 29.3 Å². The number of nitrogens with zero attached hydrogens (tertiary/aromatic N) is 1. The van der Waals surface area contributed by atoms with Gasteiger partial charge in [-0.25, -0.2) is 4.79 Å². The first-order valence-electron chi connectivity index (χ1n) is 3.77. The van der Waals surface area contributed by atoms with Gasteiger partial charge >= 0.3 is 5.97 Å². The van der Waals surface area contributed by atoms with Crippen LogP contribution in [0.2, 0.25) is 0 Å². The van der Waals surface area contributed by atoms with Crippen LogP contribution in [0.4, 0.5) is 0 Å². The van der Waals surface area contributed by atoms with Crippen LogP contribution in [0.1, 0.15) is 6.92 Å². The zero-order valence-electron chi connectivity index (χ0n) is 6.75. The van der Waals surface area contributed by atoms with Gasteiger partial charge in [-0.05, 0) is 6.92 Å². The molecular formula is C8H13NO2. The van der Waals surface area contributed by atoms with E-state index >= 15 is 0 Å². The van der Waals surface area contributed by atoms with Crippen LogP contribution < -0.4 is 0 Å². The van der Waals surface area contributed by atoms with Gasteiger partial charge in [-0.3, -0.25) is 4.90 Å². The Balaban J connectivity index is 2.09. The maximum Gasteiger partial charge on any atom is 0.330 e. The highest BCUT2D eigenvalue weighted by Crippen LogP contribution is 2.09. The minimum Gasteiger partial charge on any atom is -0.461 e. The van der Waals surface area contributed by atoms with Gasteiger partial charge in [0, 0.05) is 25.2 Å². The maximum atomic E-state index is 10.6. The molecule has 3 nitrogen and oxygen atoms in total. The van der Waals surface area contributed by atoms with Gasteiger partial charge in [0.2, 0.25) is 0 Å². The molecule has 0 bridgehead atoms. The molecule has 3 heteroatoms. The predicted octanol–water partition coefficient (Wildman–Crippen LogP) is 0.420. The van der Waals surface area contributed by atoms with E-state index in [1.165, 1.54) is 6.08 Å². The molecule has 1 aliphatic rings. The summed E-state index contributed by atoms with van der Waals surface area (Å²) in [7, 11) is 0. The standard InChI is InChI=1S/C8H13NO2/c1-3-8(10)11-6-7(2)9-4-5-9/h3,7H,1,4-6H2,2H3. The molecule has 1 saturated heterocycles. The van der Waals surface area contributed by atoms with Crippen molar-refractivity contribution in [3.63, 3.8) is 0 Å². The number of carbonyl (C=O) groups excluding carboxylic acids is 1. The van der Waals surface area contributed by atoms with Crippen molar-refractivity contribution in [3.8, 4) is 0 Å². The molecule has 1 rings (SSSR count). The molecule has 62 valence electrons. The molecule has 0 amide bonds. The lowest BCUT2D eigenvalue weighted by Crippen LogP contribution is -2.22. The van der Waals surface area contributed by atoms with Crippen LogP contribution in [0.15, 0.2) is 12.7 Å². The van der Waals surface area contributed by atoms with Crippen LogP contribution in [-0.2, 0) is 9.53 Å². The summed E-state index contributed by atoms with van der Waals surface area (Å²) >= 11 is 0. The van der Waals surface area contributed by atoms with E-state index in [1.807, 2.05) is 6.92 Å². The first-order chi connectivity index (χ1) is 5.24. The Morgan fingerprint density at radius 3 is 2.91 bits per heavy atom. The fourth-order valence-electron chi connectivity index (χ4n) is 0.866. The number of carbonyl (C=O) groups is 1. The number of hydrogen-bond donors (Lipinski definition) is 0. The van der Waals surface area contributed by atoms with Crippen molar-refractivity contribution in [1.29, 1.82) is 0 Å². The minimum absolute atomic E-state index is 0.335. The number of ether oxygens (including phenoxy) is 1. The molecule has 1 unspecified atom stereocenters. The number of esters is 1. The van der Waals surface area contributed by atoms with Gasteiger partial charge < -0.3 is 4.74 Å². The monoisotopic (exact) mass is 155 g/mol. The average molecular weight is 155 g/mol.